The minimum atomic E-state index is -0.0168. The molecule has 0 atom stereocenters. The summed E-state index contributed by atoms with van der Waals surface area (Å²) in [6.07, 6.45) is 3.26. The minimum Gasteiger partial charge on any atom is -0.289 e. The number of thioether (sulfide) groups is 1. The zero-order valence-corrected chi connectivity index (χ0v) is 14.4. The zero-order valence-electron chi connectivity index (χ0n) is 12.0. The summed E-state index contributed by atoms with van der Waals surface area (Å²) in [5.74, 6) is -0.0336. The quantitative estimate of drug-likeness (QED) is 0.407. The summed E-state index contributed by atoms with van der Waals surface area (Å²) in [7, 11) is 3.02. The van der Waals surface area contributed by atoms with Crippen molar-refractivity contribution in [1.82, 2.24) is 0 Å². The maximum atomic E-state index is 12.2. The topological polar surface area (TPSA) is 34.1 Å². The van der Waals surface area contributed by atoms with Crippen molar-refractivity contribution in [2.75, 3.05) is 0 Å². The third-order valence-corrected chi connectivity index (χ3v) is 7.27. The van der Waals surface area contributed by atoms with Crippen LogP contribution in [0.3, 0.4) is 0 Å². The van der Waals surface area contributed by atoms with Crippen LogP contribution >= 0.6 is 33.3 Å². The molecule has 1 heterocycles. The Morgan fingerprint density at radius 2 is 1.04 bits per heavy atom. The minimum absolute atomic E-state index is 0.0168. The summed E-state index contributed by atoms with van der Waals surface area (Å²) in [6, 6.07) is 18.3. The number of rotatable bonds is 4. The van der Waals surface area contributed by atoms with Crippen LogP contribution in [0.5, 0.6) is 0 Å². The van der Waals surface area contributed by atoms with E-state index >= 15 is 0 Å². The highest BCUT2D eigenvalue weighted by molar-refractivity contribution is 8.86. The standard InChI is InChI=1S/C18H12O2S3/c19-15(13-7-3-1-4-8-13)11-17-21-18(23-22-17)12-16(20)14-9-5-2-6-10-14/h1-12H/b17-11-,18-12-. The number of carbonyl (C=O) groups is 2. The largest absolute Gasteiger partial charge is 0.289 e. The molecule has 23 heavy (non-hydrogen) atoms. The van der Waals surface area contributed by atoms with E-state index in [4.69, 9.17) is 0 Å². The predicted molar refractivity (Wildman–Crippen MR) is 100 cm³/mol. The molecule has 0 N–H and O–H groups in total. The van der Waals surface area contributed by atoms with E-state index in [9.17, 15) is 9.59 Å². The fourth-order valence-corrected chi connectivity index (χ4v) is 5.89. The molecule has 2 nitrogen and oxygen atoms in total. The highest BCUT2D eigenvalue weighted by Crippen LogP contribution is 2.56. The average molecular weight is 356 g/mol. The van der Waals surface area contributed by atoms with Crippen molar-refractivity contribution in [3.63, 3.8) is 0 Å². The van der Waals surface area contributed by atoms with Crippen LogP contribution in [0.4, 0.5) is 0 Å². The molecule has 0 amide bonds. The SMILES string of the molecule is O=C(/C=C1\SS/C(=C\C(=O)c2ccccc2)S1)c1ccccc1. The van der Waals surface area contributed by atoms with Crippen molar-refractivity contribution >= 4 is 44.9 Å². The second kappa shape index (κ2) is 7.73. The molecule has 1 aliphatic heterocycles. The van der Waals surface area contributed by atoms with Gasteiger partial charge >= 0.3 is 0 Å². The first-order chi connectivity index (χ1) is 11.2. The fourth-order valence-electron chi connectivity index (χ4n) is 1.91. The second-order valence-corrected chi connectivity index (χ2v) is 8.47. The van der Waals surface area contributed by atoms with E-state index < -0.39 is 0 Å². The Hall–Kier alpha value is -1.69. The van der Waals surface area contributed by atoms with Gasteiger partial charge in [0.15, 0.2) is 11.6 Å². The van der Waals surface area contributed by atoms with Crippen molar-refractivity contribution in [1.29, 1.82) is 0 Å². The molecular formula is C18H12O2S3. The third kappa shape index (κ3) is 4.41. The van der Waals surface area contributed by atoms with E-state index in [2.05, 4.69) is 0 Å². The van der Waals surface area contributed by atoms with E-state index in [-0.39, 0.29) is 11.6 Å². The van der Waals surface area contributed by atoms with Crippen LogP contribution in [0.1, 0.15) is 20.7 Å². The molecule has 1 saturated heterocycles. The summed E-state index contributed by atoms with van der Waals surface area (Å²) in [5.41, 5.74) is 1.34. The van der Waals surface area contributed by atoms with Gasteiger partial charge in [0.1, 0.15) is 0 Å². The van der Waals surface area contributed by atoms with Gasteiger partial charge in [-0.25, -0.2) is 0 Å². The van der Waals surface area contributed by atoms with E-state index in [1.54, 1.807) is 36.4 Å². The van der Waals surface area contributed by atoms with Crippen molar-refractivity contribution in [3.05, 3.63) is 92.4 Å². The molecule has 1 fully saturated rings. The summed E-state index contributed by atoms with van der Waals surface area (Å²) in [5, 5.41) is 0. The molecule has 0 spiro atoms. The van der Waals surface area contributed by atoms with Crippen LogP contribution in [-0.2, 0) is 0 Å². The van der Waals surface area contributed by atoms with Crippen LogP contribution in [0.15, 0.2) is 81.3 Å². The Morgan fingerprint density at radius 3 is 1.43 bits per heavy atom. The molecule has 0 bridgehead atoms. The summed E-state index contributed by atoms with van der Waals surface area (Å²) in [4.78, 5) is 24.3. The maximum Gasteiger partial charge on any atom is 0.187 e. The molecule has 0 aliphatic carbocycles. The monoisotopic (exact) mass is 356 g/mol. The molecule has 5 heteroatoms. The van der Waals surface area contributed by atoms with Crippen molar-refractivity contribution in [3.8, 4) is 0 Å². The Morgan fingerprint density at radius 1 is 0.652 bits per heavy atom. The Bertz CT molecular complexity index is 713. The Kier molecular flexibility index (Phi) is 5.43. The summed E-state index contributed by atoms with van der Waals surface area (Å²) >= 11 is 1.46. The molecule has 0 aromatic heterocycles. The van der Waals surface area contributed by atoms with E-state index in [0.717, 1.165) is 8.47 Å². The maximum absolute atomic E-state index is 12.2. The smallest absolute Gasteiger partial charge is 0.187 e. The Balaban J connectivity index is 1.69. The average Bonchev–Trinajstić information content (AvgIpc) is 3.03. The van der Waals surface area contributed by atoms with E-state index in [1.807, 2.05) is 36.4 Å². The Labute approximate surface area is 146 Å². The third-order valence-electron chi connectivity index (χ3n) is 3.02. The van der Waals surface area contributed by atoms with Gasteiger partial charge in [-0.3, -0.25) is 9.59 Å². The lowest BCUT2D eigenvalue weighted by Crippen LogP contribution is -1.94. The summed E-state index contributed by atoms with van der Waals surface area (Å²) in [6.45, 7) is 0. The van der Waals surface area contributed by atoms with Crippen molar-refractivity contribution in [2.45, 2.75) is 0 Å². The zero-order chi connectivity index (χ0) is 16.1. The number of hydrogen-bond donors (Lipinski definition) is 0. The number of hydrogen-bond acceptors (Lipinski definition) is 5. The predicted octanol–water partition coefficient (Wildman–Crippen LogP) is 5.56. The first-order valence-corrected chi connectivity index (χ1v) is 9.83. The second-order valence-electron chi connectivity index (χ2n) is 4.66. The number of benzene rings is 2. The van der Waals surface area contributed by atoms with Gasteiger partial charge in [0.05, 0.1) is 8.47 Å². The van der Waals surface area contributed by atoms with E-state index in [0.29, 0.717) is 11.1 Å². The highest BCUT2D eigenvalue weighted by Gasteiger charge is 2.18. The molecule has 1 aliphatic rings. The first kappa shape index (κ1) is 16.2. The highest BCUT2D eigenvalue weighted by atomic mass is 33.1. The number of carbonyl (C=O) groups excluding carboxylic acids is 2. The van der Waals surface area contributed by atoms with Gasteiger partial charge in [0.2, 0.25) is 0 Å². The molecule has 0 radical (unpaired) electrons. The van der Waals surface area contributed by atoms with Gasteiger partial charge in [-0.1, -0.05) is 72.4 Å². The van der Waals surface area contributed by atoms with Gasteiger partial charge in [-0.2, -0.15) is 0 Å². The first-order valence-electron chi connectivity index (χ1n) is 6.87. The van der Waals surface area contributed by atoms with Crippen LogP contribution in [0, 0.1) is 0 Å². The van der Waals surface area contributed by atoms with Crippen LogP contribution in [0.2, 0.25) is 0 Å². The van der Waals surface area contributed by atoms with Crippen LogP contribution in [0.25, 0.3) is 0 Å². The van der Waals surface area contributed by atoms with E-state index in [1.165, 1.54) is 33.3 Å². The molecule has 0 saturated carbocycles. The molecule has 2 aromatic rings. The van der Waals surface area contributed by atoms with Gasteiger partial charge in [-0.15, -0.1) is 0 Å². The molecule has 3 rings (SSSR count). The lowest BCUT2D eigenvalue weighted by atomic mass is 10.1. The number of allylic oxidation sites excluding steroid dienone is 2. The van der Waals surface area contributed by atoms with Gasteiger partial charge in [0.25, 0.3) is 0 Å². The lowest BCUT2D eigenvalue weighted by Gasteiger charge is -1.96. The van der Waals surface area contributed by atoms with Crippen LogP contribution < -0.4 is 0 Å². The number of ketones is 2. The van der Waals surface area contributed by atoms with Gasteiger partial charge in [0, 0.05) is 23.3 Å². The van der Waals surface area contributed by atoms with Crippen LogP contribution in [-0.4, -0.2) is 11.6 Å². The molecule has 114 valence electrons. The van der Waals surface area contributed by atoms with Crippen molar-refractivity contribution in [2.24, 2.45) is 0 Å². The van der Waals surface area contributed by atoms with Gasteiger partial charge < -0.3 is 0 Å². The molecule has 0 unspecified atom stereocenters. The molecular weight excluding hydrogens is 344 g/mol. The summed E-state index contributed by atoms with van der Waals surface area (Å²) < 4.78 is 1.80. The normalized spacial score (nSPS) is 17.6. The van der Waals surface area contributed by atoms with Crippen molar-refractivity contribution < 1.29 is 9.59 Å². The fraction of sp³-hybridized carbons (Fsp3) is 0. The molecule has 2 aromatic carbocycles. The van der Waals surface area contributed by atoms with Gasteiger partial charge in [-0.05, 0) is 21.6 Å². The lowest BCUT2D eigenvalue weighted by molar-refractivity contribution is 0.103.